The van der Waals surface area contributed by atoms with Gasteiger partial charge in [-0.2, -0.15) is 0 Å². The number of esters is 1. The molecule has 0 aliphatic rings. The predicted octanol–water partition coefficient (Wildman–Crippen LogP) is 0.701. The van der Waals surface area contributed by atoms with E-state index >= 15 is 0 Å². The highest BCUT2D eigenvalue weighted by Gasteiger charge is 2.13. The summed E-state index contributed by atoms with van der Waals surface area (Å²) < 4.78 is 17.4. The minimum absolute atomic E-state index is 0.0223. The molecule has 0 aromatic heterocycles. The van der Waals surface area contributed by atoms with Gasteiger partial charge in [-0.1, -0.05) is 0 Å². The van der Waals surface area contributed by atoms with Crippen molar-refractivity contribution in [2.75, 3.05) is 18.9 Å². The molecule has 1 aromatic rings. The summed E-state index contributed by atoms with van der Waals surface area (Å²) in [5.74, 6) is -1.70. The van der Waals surface area contributed by atoms with Gasteiger partial charge in [-0.15, -0.1) is 0 Å². The second-order valence-electron chi connectivity index (χ2n) is 3.26. The number of carbonyl (C=O) groups is 2. The first kappa shape index (κ1) is 13.0. The quantitative estimate of drug-likeness (QED) is 0.599. The van der Waals surface area contributed by atoms with Gasteiger partial charge in [-0.25, -0.2) is 9.18 Å². The van der Waals surface area contributed by atoms with E-state index in [0.29, 0.717) is 6.54 Å². The number of nitrogen functional groups attached to an aromatic ring is 1. The third-order valence-corrected chi connectivity index (χ3v) is 1.94. The van der Waals surface area contributed by atoms with E-state index in [1.165, 1.54) is 6.07 Å². The highest BCUT2D eigenvalue weighted by molar-refractivity contribution is 5.96. The van der Waals surface area contributed by atoms with Gasteiger partial charge >= 0.3 is 5.97 Å². The molecule has 0 saturated carbocycles. The lowest BCUT2D eigenvalue weighted by atomic mass is 10.2. The summed E-state index contributed by atoms with van der Waals surface area (Å²) in [5, 5.41) is 2.47. The largest absolute Gasteiger partial charge is 0.452 e. The van der Waals surface area contributed by atoms with Gasteiger partial charge in [-0.3, -0.25) is 4.79 Å². The Morgan fingerprint density at radius 1 is 1.47 bits per heavy atom. The molecule has 5 nitrogen and oxygen atoms in total. The fraction of sp³-hybridized carbons (Fsp3) is 0.273. The topological polar surface area (TPSA) is 81.4 Å². The molecule has 17 heavy (non-hydrogen) atoms. The van der Waals surface area contributed by atoms with Gasteiger partial charge in [0.2, 0.25) is 0 Å². The third kappa shape index (κ3) is 3.75. The minimum atomic E-state index is -0.756. The average Bonchev–Trinajstić information content (AvgIpc) is 2.26. The number of carbonyl (C=O) groups excluding carboxylic acids is 2. The van der Waals surface area contributed by atoms with Crippen molar-refractivity contribution in [1.82, 2.24) is 5.32 Å². The number of halogens is 1. The highest BCUT2D eigenvalue weighted by atomic mass is 19.1. The fourth-order valence-corrected chi connectivity index (χ4v) is 1.18. The van der Waals surface area contributed by atoms with Crippen molar-refractivity contribution >= 4 is 17.6 Å². The third-order valence-electron chi connectivity index (χ3n) is 1.94. The summed E-state index contributed by atoms with van der Waals surface area (Å²) in [7, 11) is 0. The number of amides is 1. The number of hydrogen-bond acceptors (Lipinski definition) is 4. The van der Waals surface area contributed by atoms with Gasteiger partial charge in [0, 0.05) is 12.2 Å². The van der Waals surface area contributed by atoms with E-state index in [1.807, 2.05) is 0 Å². The maximum atomic E-state index is 12.7. The summed E-state index contributed by atoms with van der Waals surface area (Å²) in [4.78, 5) is 22.5. The first-order chi connectivity index (χ1) is 8.04. The SMILES string of the molecule is CCNC(=O)COC(=O)c1ccc(F)cc1N. The van der Waals surface area contributed by atoms with E-state index in [-0.39, 0.29) is 17.9 Å². The monoisotopic (exact) mass is 240 g/mol. The molecule has 0 bridgehead atoms. The molecule has 0 aliphatic carbocycles. The summed E-state index contributed by atoms with van der Waals surface area (Å²) in [6.45, 7) is 1.82. The van der Waals surface area contributed by atoms with Crippen molar-refractivity contribution in [2.24, 2.45) is 0 Å². The van der Waals surface area contributed by atoms with Crippen LogP contribution in [-0.2, 0) is 9.53 Å². The van der Waals surface area contributed by atoms with Crippen molar-refractivity contribution < 1.29 is 18.7 Å². The van der Waals surface area contributed by atoms with Gasteiger partial charge < -0.3 is 15.8 Å². The Kier molecular flexibility index (Phi) is 4.45. The molecule has 0 heterocycles. The molecule has 0 unspecified atom stereocenters. The van der Waals surface area contributed by atoms with Crippen molar-refractivity contribution in [3.8, 4) is 0 Å². The molecule has 1 amide bonds. The smallest absolute Gasteiger partial charge is 0.340 e. The zero-order chi connectivity index (χ0) is 12.8. The molecule has 92 valence electrons. The maximum absolute atomic E-state index is 12.7. The molecule has 0 aliphatic heterocycles. The highest BCUT2D eigenvalue weighted by Crippen LogP contribution is 2.14. The lowest BCUT2D eigenvalue weighted by Gasteiger charge is -2.06. The van der Waals surface area contributed by atoms with Gasteiger partial charge in [0.25, 0.3) is 5.91 Å². The summed E-state index contributed by atoms with van der Waals surface area (Å²) in [5.41, 5.74) is 5.46. The van der Waals surface area contributed by atoms with Crippen LogP contribution in [0.3, 0.4) is 0 Å². The van der Waals surface area contributed by atoms with Crippen LogP contribution in [0.25, 0.3) is 0 Å². The van der Waals surface area contributed by atoms with Crippen LogP contribution in [0.2, 0.25) is 0 Å². The van der Waals surface area contributed by atoms with Crippen LogP contribution in [0.15, 0.2) is 18.2 Å². The Labute approximate surface area is 97.7 Å². The standard InChI is InChI=1S/C11H13FN2O3/c1-2-14-10(15)6-17-11(16)8-4-3-7(12)5-9(8)13/h3-5H,2,6,13H2,1H3,(H,14,15). The number of rotatable bonds is 4. The predicted molar refractivity (Wildman–Crippen MR) is 59.8 cm³/mol. The zero-order valence-electron chi connectivity index (χ0n) is 9.33. The van der Waals surface area contributed by atoms with E-state index in [1.54, 1.807) is 6.92 Å². The van der Waals surface area contributed by atoms with Gasteiger partial charge in [0.15, 0.2) is 6.61 Å². The van der Waals surface area contributed by atoms with Crippen LogP contribution in [0, 0.1) is 5.82 Å². The number of hydrogen-bond donors (Lipinski definition) is 2. The van der Waals surface area contributed by atoms with Gasteiger partial charge in [0.1, 0.15) is 5.82 Å². The van der Waals surface area contributed by atoms with E-state index in [4.69, 9.17) is 10.5 Å². The Morgan fingerprint density at radius 2 is 2.18 bits per heavy atom. The summed E-state index contributed by atoms with van der Waals surface area (Å²) in [6.07, 6.45) is 0. The lowest BCUT2D eigenvalue weighted by molar-refractivity contribution is -0.124. The summed E-state index contributed by atoms with van der Waals surface area (Å²) in [6, 6.07) is 3.33. The molecular weight excluding hydrogens is 227 g/mol. The number of benzene rings is 1. The average molecular weight is 240 g/mol. The zero-order valence-corrected chi connectivity index (χ0v) is 9.33. The van der Waals surface area contributed by atoms with Crippen LogP contribution in [0.5, 0.6) is 0 Å². The van der Waals surface area contributed by atoms with Crippen LogP contribution >= 0.6 is 0 Å². The molecule has 0 spiro atoms. The van der Waals surface area contributed by atoms with Gasteiger partial charge in [0.05, 0.1) is 5.56 Å². The minimum Gasteiger partial charge on any atom is -0.452 e. The first-order valence-corrected chi connectivity index (χ1v) is 5.03. The lowest BCUT2D eigenvalue weighted by Crippen LogP contribution is -2.28. The Bertz CT molecular complexity index is 435. The molecule has 1 rings (SSSR count). The van der Waals surface area contributed by atoms with Crippen molar-refractivity contribution in [1.29, 1.82) is 0 Å². The van der Waals surface area contributed by atoms with Crippen molar-refractivity contribution in [2.45, 2.75) is 6.92 Å². The molecule has 0 atom stereocenters. The van der Waals surface area contributed by atoms with Crippen LogP contribution < -0.4 is 11.1 Å². The Balaban J connectivity index is 2.61. The molecule has 0 saturated heterocycles. The number of anilines is 1. The maximum Gasteiger partial charge on any atom is 0.340 e. The second kappa shape index (κ2) is 5.83. The van der Waals surface area contributed by atoms with E-state index in [9.17, 15) is 14.0 Å². The fourth-order valence-electron chi connectivity index (χ4n) is 1.18. The normalized spacial score (nSPS) is 9.76. The Hall–Kier alpha value is -2.11. The van der Waals surface area contributed by atoms with E-state index < -0.39 is 17.7 Å². The number of likely N-dealkylation sites (N-methyl/N-ethyl adjacent to an activating group) is 1. The van der Waals surface area contributed by atoms with Crippen molar-refractivity contribution in [3.63, 3.8) is 0 Å². The van der Waals surface area contributed by atoms with E-state index in [0.717, 1.165) is 12.1 Å². The first-order valence-electron chi connectivity index (χ1n) is 5.03. The number of ether oxygens (including phenoxy) is 1. The second-order valence-corrected chi connectivity index (χ2v) is 3.26. The molecule has 3 N–H and O–H groups in total. The van der Waals surface area contributed by atoms with Crippen LogP contribution in [-0.4, -0.2) is 25.0 Å². The van der Waals surface area contributed by atoms with Crippen molar-refractivity contribution in [3.05, 3.63) is 29.6 Å². The van der Waals surface area contributed by atoms with Crippen LogP contribution in [0.4, 0.5) is 10.1 Å². The Morgan fingerprint density at radius 3 is 2.76 bits per heavy atom. The molecule has 1 aromatic carbocycles. The number of nitrogens with one attached hydrogen (secondary N) is 1. The molecule has 6 heteroatoms. The van der Waals surface area contributed by atoms with Gasteiger partial charge in [-0.05, 0) is 25.1 Å². The summed E-state index contributed by atoms with van der Waals surface area (Å²) >= 11 is 0. The van der Waals surface area contributed by atoms with E-state index in [2.05, 4.69) is 5.32 Å². The number of nitrogens with two attached hydrogens (primary N) is 1. The molecule has 0 fully saturated rings. The molecule has 0 radical (unpaired) electrons. The van der Waals surface area contributed by atoms with Crippen LogP contribution in [0.1, 0.15) is 17.3 Å². The molecular formula is C11H13FN2O3.